The molecular formula is C10H18N4O. The second-order valence-electron chi connectivity index (χ2n) is 4.24. The normalized spacial score (nSPS) is 26.0. The van der Waals surface area contributed by atoms with Crippen molar-refractivity contribution >= 4 is 0 Å². The summed E-state index contributed by atoms with van der Waals surface area (Å²) >= 11 is 0. The summed E-state index contributed by atoms with van der Waals surface area (Å²) in [4.78, 5) is 0. The number of aliphatic hydroxyl groups excluding tert-OH is 1. The van der Waals surface area contributed by atoms with Gasteiger partial charge in [0.25, 0.3) is 0 Å². The molecule has 0 saturated heterocycles. The van der Waals surface area contributed by atoms with E-state index >= 15 is 0 Å². The highest BCUT2D eigenvalue weighted by atomic mass is 16.2. The minimum Gasteiger partial charge on any atom is -0.396 e. The average Bonchev–Trinajstić information content (AvgIpc) is 2.83. The summed E-state index contributed by atoms with van der Waals surface area (Å²) in [6.07, 6.45) is 6.72. The predicted molar refractivity (Wildman–Crippen MR) is 56.3 cm³/mol. The molecule has 5 heteroatoms. The third-order valence-corrected chi connectivity index (χ3v) is 2.97. The van der Waals surface area contributed by atoms with Crippen molar-refractivity contribution in [2.45, 2.75) is 44.2 Å². The fourth-order valence-corrected chi connectivity index (χ4v) is 2.10. The molecule has 1 aromatic rings. The Morgan fingerprint density at radius 3 is 3.07 bits per heavy atom. The summed E-state index contributed by atoms with van der Waals surface area (Å²) in [7, 11) is 0. The quantitative estimate of drug-likeness (QED) is 0.747. The maximum atomic E-state index is 8.71. The molecule has 1 fully saturated rings. The van der Waals surface area contributed by atoms with Gasteiger partial charge in [-0.1, -0.05) is 5.21 Å². The van der Waals surface area contributed by atoms with Crippen molar-refractivity contribution in [3.05, 3.63) is 11.9 Å². The van der Waals surface area contributed by atoms with Crippen LogP contribution < -0.4 is 5.73 Å². The van der Waals surface area contributed by atoms with Crippen molar-refractivity contribution in [3.8, 4) is 0 Å². The third-order valence-electron chi connectivity index (χ3n) is 2.97. The molecule has 1 heterocycles. The molecule has 1 saturated carbocycles. The first-order chi connectivity index (χ1) is 7.29. The molecule has 2 atom stereocenters. The number of rotatable bonds is 4. The number of aromatic nitrogens is 3. The van der Waals surface area contributed by atoms with Gasteiger partial charge in [-0.05, 0) is 32.1 Å². The van der Waals surface area contributed by atoms with Crippen LogP contribution in [0.1, 0.15) is 37.4 Å². The first-order valence-corrected chi connectivity index (χ1v) is 5.56. The van der Waals surface area contributed by atoms with Crippen LogP contribution in [0.25, 0.3) is 0 Å². The summed E-state index contributed by atoms with van der Waals surface area (Å²) in [5.74, 6) is 0. The minimum atomic E-state index is 0.209. The third kappa shape index (κ3) is 2.54. The first-order valence-electron chi connectivity index (χ1n) is 5.56. The Hall–Kier alpha value is -0.940. The molecule has 0 aliphatic heterocycles. The fraction of sp³-hybridized carbons (Fsp3) is 0.800. The number of nitrogens with two attached hydrogens (primary N) is 1. The topological polar surface area (TPSA) is 77.0 Å². The Morgan fingerprint density at radius 2 is 2.40 bits per heavy atom. The van der Waals surface area contributed by atoms with Crippen LogP contribution in [0, 0.1) is 0 Å². The van der Waals surface area contributed by atoms with Crippen molar-refractivity contribution in [3.63, 3.8) is 0 Å². The molecule has 1 aromatic heterocycles. The van der Waals surface area contributed by atoms with E-state index in [-0.39, 0.29) is 6.61 Å². The van der Waals surface area contributed by atoms with Crippen LogP contribution in [0.3, 0.4) is 0 Å². The predicted octanol–water partition coefficient (Wildman–Crippen LogP) is 0.255. The standard InChI is InChI=1S/C10H18N4O/c11-8-3-4-10(6-8)14-7-9(12-13-14)2-1-5-15/h7-8,10,15H,1-6,11H2/t8-,10+/m1/s1. The van der Waals surface area contributed by atoms with E-state index in [9.17, 15) is 0 Å². The highest BCUT2D eigenvalue weighted by Gasteiger charge is 2.23. The smallest absolute Gasteiger partial charge is 0.0828 e. The monoisotopic (exact) mass is 210 g/mol. The van der Waals surface area contributed by atoms with Crippen LogP contribution in [0.2, 0.25) is 0 Å². The van der Waals surface area contributed by atoms with Gasteiger partial charge in [0.2, 0.25) is 0 Å². The van der Waals surface area contributed by atoms with Crippen LogP contribution in [-0.4, -0.2) is 32.7 Å². The Labute approximate surface area is 89.3 Å². The zero-order chi connectivity index (χ0) is 10.7. The second kappa shape index (κ2) is 4.72. The fourth-order valence-electron chi connectivity index (χ4n) is 2.10. The molecule has 2 rings (SSSR count). The van der Waals surface area contributed by atoms with E-state index in [0.717, 1.165) is 37.8 Å². The number of hydrogen-bond donors (Lipinski definition) is 2. The van der Waals surface area contributed by atoms with Crippen LogP contribution in [0.4, 0.5) is 0 Å². The van der Waals surface area contributed by atoms with Gasteiger partial charge in [-0.2, -0.15) is 0 Å². The lowest BCUT2D eigenvalue weighted by atomic mass is 10.2. The maximum Gasteiger partial charge on any atom is 0.0828 e. The summed E-state index contributed by atoms with van der Waals surface area (Å²) in [5.41, 5.74) is 6.82. The summed E-state index contributed by atoms with van der Waals surface area (Å²) < 4.78 is 1.93. The number of aliphatic hydroxyl groups is 1. The van der Waals surface area contributed by atoms with Gasteiger partial charge in [0, 0.05) is 18.8 Å². The SMILES string of the molecule is N[C@@H]1CC[C@H](n2cc(CCCO)nn2)C1. The van der Waals surface area contributed by atoms with Crippen LogP contribution in [0.15, 0.2) is 6.20 Å². The zero-order valence-corrected chi connectivity index (χ0v) is 8.84. The Balaban J connectivity index is 1.94. The lowest BCUT2D eigenvalue weighted by molar-refractivity contribution is 0.288. The summed E-state index contributed by atoms with van der Waals surface area (Å²) in [6.45, 7) is 0.209. The molecule has 5 nitrogen and oxygen atoms in total. The number of aryl methyl sites for hydroxylation is 1. The van der Waals surface area contributed by atoms with Gasteiger partial charge in [0.1, 0.15) is 0 Å². The molecule has 0 amide bonds. The summed E-state index contributed by atoms with van der Waals surface area (Å²) in [6, 6.07) is 0.746. The van der Waals surface area contributed by atoms with Gasteiger partial charge in [0.15, 0.2) is 0 Å². The first kappa shape index (κ1) is 10.6. The minimum absolute atomic E-state index is 0.209. The largest absolute Gasteiger partial charge is 0.396 e. The molecule has 1 aliphatic carbocycles. The van der Waals surface area contributed by atoms with Crippen LogP contribution >= 0.6 is 0 Å². The lowest BCUT2D eigenvalue weighted by Gasteiger charge is -2.07. The highest BCUT2D eigenvalue weighted by molar-refractivity contribution is 4.95. The molecule has 0 aromatic carbocycles. The van der Waals surface area contributed by atoms with E-state index in [1.807, 2.05) is 10.9 Å². The molecule has 1 aliphatic rings. The van der Waals surface area contributed by atoms with E-state index in [1.165, 1.54) is 0 Å². The van der Waals surface area contributed by atoms with Crippen molar-refractivity contribution in [1.29, 1.82) is 0 Å². The van der Waals surface area contributed by atoms with Crippen molar-refractivity contribution in [2.75, 3.05) is 6.61 Å². The number of nitrogens with zero attached hydrogens (tertiary/aromatic N) is 3. The molecular weight excluding hydrogens is 192 g/mol. The van der Waals surface area contributed by atoms with Crippen LogP contribution in [0.5, 0.6) is 0 Å². The van der Waals surface area contributed by atoms with E-state index < -0.39 is 0 Å². The zero-order valence-electron chi connectivity index (χ0n) is 8.84. The Kier molecular flexibility index (Phi) is 3.33. The van der Waals surface area contributed by atoms with Gasteiger partial charge in [-0.25, -0.2) is 4.68 Å². The van der Waals surface area contributed by atoms with E-state index in [0.29, 0.717) is 12.1 Å². The van der Waals surface area contributed by atoms with E-state index in [2.05, 4.69) is 10.3 Å². The van der Waals surface area contributed by atoms with Gasteiger partial charge < -0.3 is 10.8 Å². The Morgan fingerprint density at radius 1 is 1.53 bits per heavy atom. The van der Waals surface area contributed by atoms with Crippen molar-refractivity contribution in [1.82, 2.24) is 15.0 Å². The van der Waals surface area contributed by atoms with Gasteiger partial charge in [-0.3, -0.25) is 0 Å². The van der Waals surface area contributed by atoms with Crippen LogP contribution in [-0.2, 0) is 6.42 Å². The molecule has 84 valence electrons. The summed E-state index contributed by atoms with van der Waals surface area (Å²) in [5, 5.41) is 16.9. The van der Waals surface area contributed by atoms with Gasteiger partial charge in [-0.15, -0.1) is 5.10 Å². The molecule has 0 radical (unpaired) electrons. The van der Waals surface area contributed by atoms with Crippen molar-refractivity contribution < 1.29 is 5.11 Å². The van der Waals surface area contributed by atoms with E-state index in [1.54, 1.807) is 0 Å². The molecule has 0 unspecified atom stereocenters. The van der Waals surface area contributed by atoms with Gasteiger partial charge >= 0.3 is 0 Å². The molecule has 0 bridgehead atoms. The highest BCUT2D eigenvalue weighted by Crippen LogP contribution is 2.27. The second-order valence-corrected chi connectivity index (χ2v) is 4.24. The van der Waals surface area contributed by atoms with E-state index in [4.69, 9.17) is 10.8 Å². The Bertz CT molecular complexity index is 312. The molecule has 15 heavy (non-hydrogen) atoms. The van der Waals surface area contributed by atoms with Crippen molar-refractivity contribution in [2.24, 2.45) is 5.73 Å². The maximum absolute atomic E-state index is 8.71. The average molecular weight is 210 g/mol. The molecule has 3 N–H and O–H groups in total. The lowest BCUT2D eigenvalue weighted by Crippen LogP contribution is -2.16. The molecule has 0 spiro atoms. The van der Waals surface area contributed by atoms with Gasteiger partial charge in [0.05, 0.1) is 11.7 Å². The number of hydrogen-bond acceptors (Lipinski definition) is 4.